The van der Waals surface area contributed by atoms with Gasteiger partial charge in [0.1, 0.15) is 5.78 Å². The van der Waals surface area contributed by atoms with E-state index in [-0.39, 0.29) is 11.0 Å². The van der Waals surface area contributed by atoms with Crippen LogP contribution in [0.4, 0.5) is 0 Å². The van der Waals surface area contributed by atoms with E-state index < -0.39 is 0 Å². The standard InChI is InChI=1S/C27H45NO2/c1-18(17-29)6-5-7-19(2)22-8-9-23-21-11-15-27(28)16-20(30)10-14-26(27,4)24(21)12-13-25(22,23)3/h11,18-19,22-24,29H,5-10,12-17,28H2,1-4H3/t18-,19?,22-,23?,24?,25-,26-,27?/m1/s1. The van der Waals surface area contributed by atoms with Gasteiger partial charge in [0.25, 0.3) is 0 Å². The molecule has 30 heavy (non-hydrogen) atoms. The Morgan fingerprint density at radius 2 is 1.90 bits per heavy atom. The number of rotatable bonds is 6. The number of aliphatic hydroxyl groups is 1. The fourth-order valence-electron chi connectivity index (χ4n) is 8.44. The van der Waals surface area contributed by atoms with Gasteiger partial charge in [-0.15, -0.1) is 0 Å². The molecule has 0 aliphatic heterocycles. The van der Waals surface area contributed by atoms with E-state index in [4.69, 9.17) is 5.73 Å². The van der Waals surface area contributed by atoms with E-state index in [1.54, 1.807) is 5.57 Å². The molecule has 3 heteroatoms. The molecule has 4 rings (SSSR count). The zero-order chi connectivity index (χ0) is 21.7. The Morgan fingerprint density at radius 3 is 2.63 bits per heavy atom. The van der Waals surface area contributed by atoms with Gasteiger partial charge in [-0.25, -0.2) is 0 Å². The first-order chi connectivity index (χ1) is 14.1. The fraction of sp³-hybridized carbons (Fsp3) is 0.889. The van der Waals surface area contributed by atoms with Gasteiger partial charge in [-0.2, -0.15) is 0 Å². The minimum Gasteiger partial charge on any atom is -0.396 e. The zero-order valence-corrected chi connectivity index (χ0v) is 19.9. The fourth-order valence-corrected chi connectivity index (χ4v) is 8.44. The normalized spacial score (nSPS) is 45.2. The second-order valence-corrected chi connectivity index (χ2v) is 12.2. The highest BCUT2D eigenvalue weighted by atomic mass is 16.3. The summed E-state index contributed by atoms with van der Waals surface area (Å²) in [6.45, 7) is 9.97. The van der Waals surface area contributed by atoms with Crippen molar-refractivity contribution >= 4 is 5.78 Å². The molecular formula is C27H45NO2. The second-order valence-electron chi connectivity index (χ2n) is 12.2. The number of Topliss-reactive ketones (excluding diaryl/α,β-unsaturated/α-hetero) is 1. The zero-order valence-electron chi connectivity index (χ0n) is 19.9. The first-order valence-electron chi connectivity index (χ1n) is 12.8. The molecule has 8 atom stereocenters. The Morgan fingerprint density at radius 1 is 1.13 bits per heavy atom. The summed E-state index contributed by atoms with van der Waals surface area (Å²) in [6.07, 6.45) is 14.7. The van der Waals surface area contributed by atoms with Crippen molar-refractivity contribution in [1.82, 2.24) is 0 Å². The lowest BCUT2D eigenvalue weighted by atomic mass is 9.45. The van der Waals surface area contributed by atoms with Crippen molar-refractivity contribution in [2.75, 3.05) is 6.61 Å². The topological polar surface area (TPSA) is 63.3 Å². The predicted molar refractivity (Wildman–Crippen MR) is 123 cm³/mol. The van der Waals surface area contributed by atoms with E-state index in [1.807, 2.05) is 0 Å². The summed E-state index contributed by atoms with van der Waals surface area (Å²) < 4.78 is 0. The maximum Gasteiger partial charge on any atom is 0.134 e. The number of nitrogens with two attached hydrogens (primary N) is 1. The molecule has 3 fully saturated rings. The molecule has 0 bridgehead atoms. The van der Waals surface area contributed by atoms with Gasteiger partial charge in [0.2, 0.25) is 0 Å². The molecule has 0 amide bonds. The molecule has 4 aliphatic carbocycles. The van der Waals surface area contributed by atoms with Crippen molar-refractivity contribution in [2.24, 2.45) is 46.2 Å². The number of fused-ring (bicyclic) bond motifs is 5. The van der Waals surface area contributed by atoms with Crippen molar-refractivity contribution in [2.45, 2.75) is 104 Å². The van der Waals surface area contributed by atoms with Crippen LogP contribution in [-0.2, 0) is 4.79 Å². The van der Waals surface area contributed by atoms with Crippen LogP contribution in [0.3, 0.4) is 0 Å². The minimum atomic E-state index is -0.320. The molecule has 0 radical (unpaired) electrons. The van der Waals surface area contributed by atoms with Crippen LogP contribution in [0.15, 0.2) is 11.6 Å². The molecule has 0 saturated heterocycles. The number of aliphatic hydroxyl groups excluding tert-OH is 1. The quantitative estimate of drug-likeness (QED) is 0.551. The summed E-state index contributed by atoms with van der Waals surface area (Å²) in [5, 5.41) is 9.32. The first-order valence-corrected chi connectivity index (χ1v) is 12.8. The third kappa shape index (κ3) is 3.43. The summed E-state index contributed by atoms with van der Waals surface area (Å²) in [5.41, 5.74) is 8.88. The third-order valence-electron chi connectivity index (χ3n) is 10.6. The monoisotopic (exact) mass is 415 g/mol. The Kier molecular flexibility index (Phi) is 6.03. The van der Waals surface area contributed by atoms with Crippen LogP contribution in [0.1, 0.15) is 98.3 Å². The average Bonchev–Trinajstić information content (AvgIpc) is 3.06. The molecule has 4 unspecified atom stereocenters. The van der Waals surface area contributed by atoms with E-state index in [0.717, 1.165) is 43.4 Å². The number of hydrogen-bond acceptors (Lipinski definition) is 3. The van der Waals surface area contributed by atoms with Gasteiger partial charge in [0.05, 0.1) is 0 Å². The van der Waals surface area contributed by atoms with E-state index in [9.17, 15) is 9.90 Å². The molecule has 0 aromatic rings. The van der Waals surface area contributed by atoms with Crippen LogP contribution in [0.2, 0.25) is 0 Å². The van der Waals surface area contributed by atoms with Gasteiger partial charge in [0.15, 0.2) is 0 Å². The van der Waals surface area contributed by atoms with Crippen molar-refractivity contribution in [3.05, 3.63) is 11.6 Å². The highest BCUT2D eigenvalue weighted by Crippen LogP contribution is 2.67. The van der Waals surface area contributed by atoms with Gasteiger partial charge in [0, 0.05) is 25.0 Å². The van der Waals surface area contributed by atoms with Crippen LogP contribution < -0.4 is 5.73 Å². The SMILES string of the molecule is CC(CCC[C@@H](C)CO)[C@H]1CCC2C3=CCC4(N)CC(=O)CC[C@]4(C)C3CC[C@@]21C. The Hall–Kier alpha value is -0.670. The largest absolute Gasteiger partial charge is 0.396 e. The number of allylic oxidation sites excluding steroid dienone is 1. The average molecular weight is 416 g/mol. The molecule has 4 aliphatic rings. The predicted octanol–water partition coefficient (Wildman–Crippen LogP) is 5.65. The molecule has 3 saturated carbocycles. The van der Waals surface area contributed by atoms with E-state index in [1.165, 1.54) is 38.5 Å². The van der Waals surface area contributed by atoms with Gasteiger partial charge in [-0.05, 0) is 85.4 Å². The lowest BCUT2D eigenvalue weighted by molar-refractivity contribution is -0.128. The molecule has 3 nitrogen and oxygen atoms in total. The number of hydrogen-bond donors (Lipinski definition) is 2. The number of ketones is 1. The summed E-state index contributed by atoms with van der Waals surface area (Å²) in [7, 11) is 0. The summed E-state index contributed by atoms with van der Waals surface area (Å²) in [5.74, 6) is 3.70. The van der Waals surface area contributed by atoms with Gasteiger partial charge in [-0.3, -0.25) is 4.79 Å². The minimum absolute atomic E-state index is 0.0937. The van der Waals surface area contributed by atoms with Crippen molar-refractivity contribution in [3.8, 4) is 0 Å². The van der Waals surface area contributed by atoms with Crippen molar-refractivity contribution in [3.63, 3.8) is 0 Å². The van der Waals surface area contributed by atoms with Crippen LogP contribution in [0.25, 0.3) is 0 Å². The van der Waals surface area contributed by atoms with Crippen LogP contribution in [0, 0.1) is 40.4 Å². The van der Waals surface area contributed by atoms with E-state index in [2.05, 4.69) is 33.8 Å². The third-order valence-corrected chi connectivity index (χ3v) is 10.6. The lowest BCUT2D eigenvalue weighted by Gasteiger charge is -2.60. The summed E-state index contributed by atoms with van der Waals surface area (Å²) in [6, 6.07) is 0. The Balaban J connectivity index is 1.51. The Bertz CT molecular complexity index is 701. The lowest BCUT2D eigenvalue weighted by Crippen LogP contribution is -2.64. The molecular weight excluding hydrogens is 370 g/mol. The van der Waals surface area contributed by atoms with Gasteiger partial charge < -0.3 is 10.8 Å². The van der Waals surface area contributed by atoms with Crippen molar-refractivity contribution in [1.29, 1.82) is 0 Å². The first kappa shape index (κ1) is 22.5. The highest BCUT2D eigenvalue weighted by Gasteiger charge is 2.61. The number of carbonyl (C=O) groups excluding carboxylic acids is 1. The highest BCUT2D eigenvalue weighted by molar-refractivity contribution is 5.81. The molecule has 3 N–H and O–H groups in total. The smallest absolute Gasteiger partial charge is 0.134 e. The maximum absolute atomic E-state index is 12.2. The molecule has 170 valence electrons. The molecule has 0 aromatic heterocycles. The Labute approximate surface area is 184 Å². The van der Waals surface area contributed by atoms with Gasteiger partial charge in [-0.1, -0.05) is 52.2 Å². The van der Waals surface area contributed by atoms with Crippen molar-refractivity contribution < 1.29 is 9.90 Å². The maximum atomic E-state index is 12.2. The van der Waals surface area contributed by atoms with E-state index in [0.29, 0.717) is 36.1 Å². The van der Waals surface area contributed by atoms with Crippen LogP contribution >= 0.6 is 0 Å². The second kappa shape index (κ2) is 8.03. The van der Waals surface area contributed by atoms with E-state index >= 15 is 0 Å². The molecule has 0 spiro atoms. The van der Waals surface area contributed by atoms with Crippen LogP contribution in [0.5, 0.6) is 0 Å². The van der Waals surface area contributed by atoms with Crippen LogP contribution in [-0.4, -0.2) is 23.0 Å². The van der Waals surface area contributed by atoms with Gasteiger partial charge >= 0.3 is 0 Å². The summed E-state index contributed by atoms with van der Waals surface area (Å²) >= 11 is 0. The summed E-state index contributed by atoms with van der Waals surface area (Å²) in [4.78, 5) is 12.2. The molecule has 0 heterocycles. The molecule has 0 aromatic carbocycles. The number of carbonyl (C=O) groups is 1.